The fourth-order valence-corrected chi connectivity index (χ4v) is 2.39. The van der Waals surface area contributed by atoms with Gasteiger partial charge in [-0.1, -0.05) is 22.0 Å². The molecule has 2 aromatic rings. The van der Waals surface area contributed by atoms with Crippen molar-refractivity contribution in [2.75, 3.05) is 0 Å². The quantitative estimate of drug-likeness (QED) is 0.939. The van der Waals surface area contributed by atoms with Crippen LogP contribution >= 0.6 is 15.9 Å². The molecule has 0 fully saturated rings. The minimum atomic E-state index is -0.750. The lowest BCUT2D eigenvalue weighted by atomic mass is 10.1. The predicted molar refractivity (Wildman–Crippen MR) is 71.3 cm³/mol. The van der Waals surface area contributed by atoms with Crippen molar-refractivity contribution in [1.82, 2.24) is 4.57 Å². The first kappa shape index (κ1) is 12.2. The molecule has 1 heterocycles. The predicted octanol–water partition coefficient (Wildman–Crippen LogP) is 3.44. The number of hydrogen-bond donors (Lipinski definition) is 1. The van der Waals surface area contributed by atoms with Crippen LogP contribution in [0, 0.1) is 0 Å². The summed E-state index contributed by atoms with van der Waals surface area (Å²) in [5.41, 5.74) is 2.26. The third-order valence-electron chi connectivity index (χ3n) is 2.88. The summed E-state index contributed by atoms with van der Waals surface area (Å²) in [5.74, 6) is -0.750. The summed E-state index contributed by atoms with van der Waals surface area (Å²) < 4.78 is 3.19. The SMILES string of the molecule is CCn1cc(CCC(=O)O)c2ccc(Br)cc21. The van der Waals surface area contributed by atoms with Crippen LogP contribution in [0.1, 0.15) is 18.9 Å². The molecule has 0 radical (unpaired) electrons. The summed E-state index contributed by atoms with van der Waals surface area (Å²) in [6, 6.07) is 6.11. The van der Waals surface area contributed by atoms with Gasteiger partial charge in [0.1, 0.15) is 0 Å². The van der Waals surface area contributed by atoms with E-state index in [1.807, 2.05) is 12.1 Å². The van der Waals surface area contributed by atoms with Gasteiger partial charge < -0.3 is 9.67 Å². The maximum absolute atomic E-state index is 10.6. The first-order valence-electron chi connectivity index (χ1n) is 5.61. The number of halogens is 1. The first-order valence-corrected chi connectivity index (χ1v) is 6.40. The molecule has 0 aliphatic rings. The molecule has 0 aliphatic carbocycles. The molecule has 0 saturated heterocycles. The molecule has 90 valence electrons. The molecule has 0 amide bonds. The average molecular weight is 296 g/mol. The van der Waals surface area contributed by atoms with Crippen LogP contribution in [-0.4, -0.2) is 15.6 Å². The van der Waals surface area contributed by atoms with Gasteiger partial charge in [-0.05, 0) is 31.0 Å². The molecule has 0 atom stereocenters. The molecule has 1 aromatic heterocycles. The maximum Gasteiger partial charge on any atom is 0.303 e. The summed E-state index contributed by atoms with van der Waals surface area (Å²) >= 11 is 3.46. The Morgan fingerprint density at radius 3 is 2.88 bits per heavy atom. The number of carboxylic acids is 1. The van der Waals surface area contributed by atoms with Crippen molar-refractivity contribution >= 4 is 32.8 Å². The Balaban J connectivity index is 2.45. The number of benzene rings is 1. The Morgan fingerprint density at radius 1 is 1.47 bits per heavy atom. The van der Waals surface area contributed by atoms with Crippen molar-refractivity contribution in [3.8, 4) is 0 Å². The monoisotopic (exact) mass is 295 g/mol. The average Bonchev–Trinajstić information content (AvgIpc) is 2.63. The molecule has 0 saturated carbocycles. The number of nitrogens with zero attached hydrogens (tertiary/aromatic N) is 1. The van der Waals surface area contributed by atoms with Crippen LogP contribution < -0.4 is 0 Å². The van der Waals surface area contributed by atoms with Gasteiger partial charge in [0, 0.05) is 34.5 Å². The Kier molecular flexibility index (Phi) is 3.52. The van der Waals surface area contributed by atoms with Crippen molar-refractivity contribution in [3.05, 3.63) is 34.4 Å². The van der Waals surface area contributed by atoms with Gasteiger partial charge in [0.2, 0.25) is 0 Å². The smallest absolute Gasteiger partial charge is 0.303 e. The number of carbonyl (C=O) groups is 1. The summed E-state index contributed by atoms with van der Waals surface area (Å²) in [6.07, 6.45) is 2.82. The van der Waals surface area contributed by atoms with Gasteiger partial charge in [0.25, 0.3) is 0 Å². The highest BCUT2D eigenvalue weighted by Gasteiger charge is 2.09. The second-order valence-electron chi connectivity index (χ2n) is 4.00. The number of fused-ring (bicyclic) bond motifs is 1. The van der Waals surface area contributed by atoms with Gasteiger partial charge in [-0.15, -0.1) is 0 Å². The van der Waals surface area contributed by atoms with Gasteiger partial charge >= 0.3 is 5.97 Å². The minimum absolute atomic E-state index is 0.179. The highest BCUT2D eigenvalue weighted by molar-refractivity contribution is 9.10. The van der Waals surface area contributed by atoms with E-state index in [2.05, 4.69) is 39.7 Å². The van der Waals surface area contributed by atoms with Gasteiger partial charge in [-0.2, -0.15) is 0 Å². The Labute approximate surface area is 108 Å². The zero-order valence-corrected chi connectivity index (χ0v) is 11.2. The molecule has 0 aliphatic heterocycles. The lowest BCUT2D eigenvalue weighted by molar-refractivity contribution is -0.136. The van der Waals surface area contributed by atoms with Gasteiger partial charge in [0.05, 0.1) is 0 Å². The Hall–Kier alpha value is -1.29. The maximum atomic E-state index is 10.6. The summed E-state index contributed by atoms with van der Waals surface area (Å²) in [7, 11) is 0. The zero-order valence-electron chi connectivity index (χ0n) is 9.61. The van der Waals surface area contributed by atoms with E-state index in [1.165, 1.54) is 0 Å². The number of aliphatic carboxylic acids is 1. The molecular formula is C13H14BrNO2. The van der Waals surface area contributed by atoms with E-state index in [9.17, 15) is 4.79 Å². The van der Waals surface area contributed by atoms with Crippen LogP contribution in [0.15, 0.2) is 28.9 Å². The molecule has 4 heteroatoms. The van der Waals surface area contributed by atoms with Crippen molar-refractivity contribution in [3.63, 3.8) is 0 Å². The lowest BCUT2D eigenvalue weighted by Gasteiger charge is -2.00. The van der Waals surface area contributed by atoms with Crippen molar-refractivity contribution < 1.29 is 9.90 Å². The molecular weight excluding hydrogens is 282 g/mol. The van der Waals surface area contributed by atoms with Gasteiger partial charge in [-0.3, -0.25) is 4.79 Å². The van der Waals surface area contributed by atoms with E-state index in [4.69, 9.17) is 5.11 Å². The van der Waals surface area contributed by atoms with E-state index in [1.54, 1.807) is 0 Å². The largest absolute Gasteiger partial charge is 0.481 e. The van der Waals surface area contributed by atoms with Crippen molar-refractivity contribution in [2.45, 2.75) is 26.3 Å². The van der Waals surface area contributed by atoms with Gasteiger partial charge in [0.15, 0.2) is 0 Å². The number of aromatic nitrogens is 1. The zero-order chi connectivity index (χ0) is 12.4. The third kappa shape index (κ3) is 2.52. The molecule has 17 heavy (non-hydrogen) atoms. The Morgan fingerprint density at radius 2 is 2.24 bits per heavy atom. The first-order chi connectivity index (χ1) is 8.11. The lowest BCUT2D eigenvalue weighted by Crippen LogP contribution is -1.97. The molecule has 2 rings (SSSR count). The van der Waals surface area contributed by atoms with E-state index in [0.29, 0.717) is 6.42 Å². The van der Waals surface area contributed by atoms with Crippen LogP contribution in [0.5, 0.6) is 0 Å². The molecule has 0 spiro atoms. The molecule has 0 unspecified atom stereocenters. The number of rotatable bonds is 4. The minimum Gasteiger partial charge on any atom is -0.481 e. The fourth-order valence-electron chi connectivity index (χ4n) is 2.04. The van der Waals surface area contributed by atoms with E-state index >= 15 is 0 Å². The normalized spacial score (nSPS) is 10.9. The standard InChI is InChI=1S/C13H14BrNO2/c1-2-15-8-9(3-6-13(16)17)11-5-4-10(14)7-12(11)15/h4-5,7-8H,2-3,6H2,1H3,(H,16,17). The fraction of sp³-hybridized carbons (Fsp3) is 0.308. The topological polar surface area (TPSA) is 42.2 Å². The second-order valence-corrected chi connectivity index (χ2v) is 4.91. The summed E-state index contributed by atoms with van der Waals surface area (Å²) in [4.78, 5) is 10.6. The second kappa shape index (κ2) is 4.92. The van der Waals surface area contributed by atoms with Crippen LogP contribution in [-0.2, 0) is 17.8 Å². The van der Waals surface area contributed by atoms with Crippen LogP contribution in [0.3, 0.4) is 0 Å². The van der Waals surface area contributed by atoms with Crippen molar-refractivity contribution in [1.29, 1.82) is 0 Å². The number of carboxylic acid groups (broad SMARTS) is 1. The highest BCUT2D eigenvalue weighted by atomic mass is 79.9. The van der Waals surface area contributed by atoms with Gasteiger partial charge in [-0.25, -0.2) is 0 Å². The molecule has 1 N–H and O–H groups in total. The number of aryl methyl sites for hydroxylation is 2. The molecule has 3 nitrogen and oxygen atoms in total. The summed E-state index contributed by atoms with van der Waals surface area (Å²) in [6.45, 7) is 2.97. The Bertz CT molecular complexity index is 560. The van der Waals surface area contributed by atoms with Crippen molar-refractivity contribution in [2.24, 2.45) is 0 Å². The third-order valence-corrected chi connectivity index (χ3v) is 3.37. The highest BCUT2D eigenvalue weighted by Crippen LogP contribution is 2.26. The summed E-state index contributed by atoms with van der Waals surface area (Å²) in [5, 5.41) is 9.89. The number of hydrogen-bond acceptors (Lipinski definition) is 1. The van der Waals surface area contributed by atoms with E-state index in [-0.39, 0.29) is 6.42 Å². The van der Waals surface area contributed by atoms with E-state index in [0.717, 1.165) is 27.5 Å². The molecule has 0 bridgehead atoms. The van der Waals surface area contributed by atoms with Crippen LogP contribution in [0.2, 0.25) is 0 Å². The van der Waals surface area contributed by atoms with Crippen LogP contribution in [0.25, 0.3) is 10.9 Å². The van der Waals surface area contributed by atoms with Crippen LogP contribution in [0.4, 0.5) is 0 Å². The van der Waals surface area contributed by atoms with E-state index < -0.39 is 5.97 Å². The molecule has 1 aromatic carbocycles.